The third kappa shape index (κ3) is 11.9. The molecule has 0 fully saturated rings. The fraction of sp³-hybridized carbons (Fsp3) is 0.737. The van der Waals surface area contributed by atoms with Crippen molar-refractivity contribution in [3.05, 3.63) is 0 Å². The van der Waals surface area contributed by atoms with Crippen molar-refractivity contribution < 1.29 is 29.1 Å². The minimum absolute atomic E-state index is 0.0199. The van der Waals surface area contributed by atoms with Crippen LogP contribution in [0.25, 0.3) is 0 Å². The molecular formula is C19H36N6O6. The minimum atomic E-state index is -1.40. The highest BCUT2D eigenvalue weighted by atomic mass is 16.4. The Morgan fingerprint density at radius 3 is 1.81 bits per heavy atom. The Morgan fingerprint density at radius 2 is 1.35 bits per heavy atom. The molecular weight excluding hydrogens is 408 g/mol. The molecule has 0 aromatic rings. The normalized spacial score (nSPS) is 14.8. The topological polar surface area (TPSA) is 220 Å². The number of hydrogen-bond donors (Lipinski definition) is 7. The van der Waals surface area contributed by atoms with Crippen LogP contribution in [-0.2, 0) is 24.0 Å². The molecule has 0 saturated carbocycles. The third-order valence-corrected chi connectivity index (χ3v) is 4.35. The van der Waals surface area contributed by atoms with Gasteiger partial charge in [-0.1, -0.05) is 13.8 Å². The summed E-state index contributed by atoms with van der Waals surface area (Å²) in [5, 5.41) is 16.5. The number of carboxylic acids is 1. The van der Waals surface area contributed by atoms with Crippen LogP contribution in [0.2, 0.25) is 0 Å². The summed E-state index contributed by atoms with van der Waals surface area (Å²) in [7, 11) is 0. The Bertz CT molecular complexity index is 639. The van der Waals surface area contributed by atoms with Gasteiger partial charge in [-0.05, 0) is 45.1 Å². The van der Waals surface area contributed by atoms with E-state index in [9.17, 15) is 29.1 Å². The van der Waals surface area contributed by atoms with Crippen LogP contribution in [0.3, 0.4) is 0 Å². The van der Waals surface area contributed by atoms with E-state index in [-0.39, 0.29) is 18.8 Å². The molecule has 12 nitrogen and oxygen atoms in total. The lowest BCUT2D eigenvalue weighted by atomic mass is 10.0. The van der Waals surface area contributed by atoms with Crippen LogP contribution in [0.1, 0.15) is 52.9 Å². The molecule has 0 saturated heterocycles. The summed E-state index contributed by atoms with van der Waals surface area (Å²) in [6, 6.07) is -4.46. The highest BCUT2D eigenvalue weighted by Gasteiger charge is 2.31. The van der Waals surface area contributed by atoms with Gasteiger partial charge < -0.3 is 38.3 Å². The van der Waals surface area contributed by atoms with Crippen molar-refractivity contribution in [2.45, 2.75) is 77.0 Å². The molecule has 0 rings (SSSR count). The second kappa shape index (κ2) is 14.3. The number of carbonyl (C=O) groups excluding carboxylic acids is 4. The molecule has 4 atom stereocenters. The molecule has 0 aromatic carbocycles. The van der Waals surface area contributed by atoms with E-state index in [0.717, 1.165) is 0 Å². The predicted octanol–water partition coefficient (Wildman–Crippen LogP) is -2.08. The van der Waals surface area contributed by atoms with Crippen molar-refractivity contribution in [2.75, 3.05) is 6.54 Å². The van der Waals surface area contributed by atoms with Crippen LogP contribution in [-0.4, -0.2) is 65.4 Å². The third-order valence-electron chi connectivity index (χ3n) is 4.35. The molecule has 0 aliphatic rings. The molecule has 0 aliphatic heterocycles. The number of amides is 4. The lowest BCUT2D eigenvalue weighted by Crippen LogP contribution is -2.57. The number of primary amides is 1. The van der Waals surface area contributed by atoms with Crippen molar-refractivity contribution in [2.24, 2.45) is 23.1 Å². The number of aliphatic carboxylic acids is 1. The first kappa shape index (κ1) is 28.3. The highest BCUT2D eigenvalue weighted by Crippen LogP contribution is 2.07. The summed E-state index contributed by atoms with van der Waals surface area (Å²) < 4.78 is 0. The number of carboxylic acid groups (broad SMARTS) is 1. The number of nitrogens with one attached hydrogen (secondary N) is 3. The average molecular weight is 445 g/mol. The Morgan fingerprint density at radius 1 is 0.839 bits per heavy atom. The molecule has 0 aliphatic carbocycles. The van der Waals surface area contributed by atoms with Gasteiger partial charge in [-0.2, -0.15) is 0 Å². The summed E-state index contributed by atoms with van der Waals surface area (Å²) in [6.07, 6.45) is 0.905. The van der Waals surface area contributed by atoms with Crippen molar-refractivity contribution in [1.29, 1.82) is 0 Å². The quantitative estimate of drug-likeness (QED) is 0.139. The van der Waals surface area contributed by atoms with E-state index in [1.54, 1.807) is 0 Å². The lowest BCUT2D eigenvalue weighted by Gasteiger charge is -2.25. The van der Waals surface area contributed by atoms with Crippen molar-refractivity contribution >= 4 is 29.6 Å². The monoisotopic (exact) mass is 444 g/mol. The molecule has 4 unspecified atom stereocenters. The summed E-state index contributed by atoms with van der Waals surface area (Å²) in [5.74, 6) is -4.23. The van der Waals surface area contributed by atoms with E-state index in [1.165, 1.54) is 6.92 Å². The molecule has 12 heteroatoms. The number of carbonyl (C=O) groups is 5. The van der Waals surface area contributed by atoms with Gasteiger partial charge in [0.1, 0.15) is 18.1 Å². The Kier molecular flexibility index (Phi) is 13.0. The average Bonchev–Trinajstić information content (AvgIpc) is 2.64. The van der Waals surface area contributed by atoms with Gasteiger partial charge in [0.2, 0.25) is 23.6 Å². The Labute approximate surface area is 182 Å². The van der Waals surface area contributed by atoms with Crippen LogP contribution in [0, 0.1) is 5.92 Å². The molecule has 178 valence electrons. The van der Waals surface area contributed by atoms with Crippen molar-refractivity contribution in [3.8, 4) is 0 Å². The molecule has 0 bridgehead atoms. The number of hydrogen-bond acceptors (Lipinski definition) is 7. The first-order valence-corrected chi connectivity index (χ1v) is 10.3. The van der Waals surface area contributed by atoms with Gasteiger partial charge in [-0.3, -0.25) is 19.2 Å². The summed E-state index contributed by atoms with van der Waals surface area (Å²) in [4.78, 5) is 60.1. The van der Waals surface area contributed by atoms with Gasteiger partial charge in [0, 0.05) is 0 Å². The lowest BCUT2D eigenvalue weighted by molar-refractivity contribution is -0.142. The molecule has 0 heterocycles. The summed E-state index contributed by atoms with van der Waals surface area (Å²) >= 11 is 0. The summed E-state index contributed by atoms with van der Waals surface area (Å²) in [6.45, 7) is 5.51. The number of rotatable bonds is 15. The maximum absolute atomic E-state index is 12.7. The zero-order valence-electron chi connectivity index (χ0n) is 18.3. The van der Waals surface area contributed by atoms with E-state index < -0.39 is 60.2 Å². The van der Waals surface area contributed by atoms with E-state index in [4.69, 9.17) is 17.2 Å². The Hall–Kier alpha value is -2.73. The molecule has 31 heavy (non-hydrogen) atoms. The van der Waals surface area contributed by atoms with Gasteiger partial charge in [-0.25, -0.2) is 4.79 Å². The Balaban J connectivity index is 5.38. The molecule has 4 amide bonds. The molecule has 0 aromatic heterocycles. The first-order valence-electron chi connectivity index (χ1n) is 10.3. The van der Waals surface area contributed by atoms with Crippen molar-refractivity contribution in [3.63, 3.8) is 0 Å². The second-order valence-corrected chi connectivity index (χ2v) is 7.89. The van der Waals surface area contributed by atoms with E-state index in [2.05, 4.69) is 16.0 Å². The second-order valence-electron chi connectivity index (χ2n) is 7.89. The predicted molar refractivity (Wildman–Crippen MR) is 113 cm³/mol. The highest BCUT2D eigenvalue weighted by molar-refractivity contribution is 5.96. The van der Waals surface area contributed by atoms with Crippen molar-refractivity contribution in [1.82, 2.24) is 16.0 Å². The fourth-order valence-corrected chi connectivity index (χ4v) is 2.71. The number of unbranched alkanes of at least 4 members (excludes halogenated alkanes) is 1. The largest absolute Gasteiger partial charge is 0.480 e. The van der Waals surface area contributed by atoms with Gasteiger partial charge in [0.15, 0.2) is 0 Å². The maximum atomic E-state index is 12.7. The van der Waals surface area contributed by atoms with Crippen LogP contribution >= 0.6 is 0 Å². The van der Waals surface area contributed by atoms with Gasteiger partial charge >= 0.3 is 5.97 Å². The van der Waals surface area contributed by atoms with Gasteiger partial charge in [0.05, 0.1) is 12.5 Å². The van der Waals surface area contributed by atoms with Crippen LogP contribution in [0.5, 0.6) is 0 Å². The molecule has 0 radical (unpaired) electrons. The number of nitrogens with two attached hydrogens (primary N) is 3. The van der Waals surface area contributed by atoms with E-state index in [0.29, 0.717) is 19.4 Å². The van der Waals surface area contributed by atoms with E-state index in [1.807, 2.05) is 13.8 Å². The standard InChI is InChI=1S/C19H36N6O6/c1-10(2)8-13(24-16(27)11(3)21)17(28)25-14(9-15(22)26)18(29)23-12(19(30)31)6-4-5-7-20/h10-14H,4-9,20-21H2,1-3H3,(H2,22,26)(H,23,29)(H,24,27)(H,25,28)(H,30,31). The SMILES string of the molecule is CC(C)CC(NC(=O)C(C)N)C(=O)NC(CC(N)=O)C(=O)NC(CCCCN)C(=O)O. The van der Waals surface area contributed by atoms with E-state index >= 15 is 0 Å². The maximum Gasteiger partial charge on any atom is 0.326 e. The summed E-state index contributed by atoms with van der Waals surface area (Å²) in [5.41, 5.74) is 16.1. The van der Waals surface area contributed by atoms with Crippen LogP contribution in [0.4, 0.5) is 0 Å². The fourth-order valence-electron chi connectivity index (χ4n) is 2.71. The molecule has 0 spiro atoms. The van der Waals surface area contributed by atoms with Crippen LogP contribution in [0.15, 0.2) is 0 Å². The van der Waals surface area contributed by atoms with Crippen LogP contribution < -0.4 is 33.2 Å². The molecule has 10 N–H and O–H groups in total. The first-order chi connectivity index (χ1) is 14.4. The van der Waals surface area contributed by atoms with Gasteiger partial charge in [-0.15, -0.1) is 0 Å². The smallest absolute Gasteiger partial charge is 0.326 e. The zero-order valence-corrected chi connectivity index (χ0v) is 18.3. The zero-order chi connectivity index (χ0) is 24.1. The minimum Gasteiger partial charge on any atom is -0.480 e. The van der Waals surface area contributed by atoms with Gasteiger partial charge in [0.25, 0.3) is 0 Å².